The number of hydrogen-bond donors (Lipinski definition) is 2. The van der Waals surface area contributed by atoms with Gasteiger partial charge in [-0.05, 0) is 25.3 Å². The van der Waals surface area contributed by atoms with E-state index in [9.17, 15) is 9.36 Å². The molecule has 0 aromatic heterocycles. The van der Waals surface area contributed by atoms with Crippen LogP contribution in [-0.4, -0.2) is 40.2 Å². The Morgan fingerprint density at radius 1 is 1.39 bits per heavy atom. The van der Waals surface area contributed by atoms with Gasteiger partial charge in [0.15, 0.2) is 11.7 Å². The molecule has 0 saturated carbocycles. The van der Waals surface area contributed by atoms with Crippen LogP contribution < -0.4 is 0 Å². The third-order valence-electron chi connectivity index (χ3n) is 3.69. The van der Waals surface area contributed by atoms with E-state index in [1.165, 1.54) is 6.92 Å². The van der Waals surface area contributed by atoms with E-state index in [0.29, 0.717) is 24.3 Å². The van der Waals surface area contributed by atoms with Crippen molar-refractivity contribution >= 4 is 19.5 Å². The highest BCUT2D eigenvalue weighted by molar-refractivity contribution is 7.46. The maximum atomic E-state index is 11.3. The zero-order valence-corrected chi connectivity index (χ0v) is 14.0. The number of hydrogen-bond acceptors (Lipinski definition) is 5. The average molecular weight is 341 g/mol. The number of phosphoric acid groups is 1. The Bertz CT molecular complexity index is 650. The van der Waals surface area contributed by atoms with Crippen molar-refractivity contribution in [2.45, 2.75) is 32.2 Å². The molecule has 2 N–H and O–H groups in total. The molecule has 1 aliphatic rings. The van der Waals surface area contributed by atoms with Crippen molar-refractivity contribution in [3.05, 3.63) is 35.4 Å². The lowest BCUT2D eigenvalue weighted by Gasteiger charge is -2.24. The fourth-order valence-corrected chi connectivity index (χ4v) is 2.81. The Kier molecular flexibility index (Phi) is 5.37. The van der Waals surface area contributed by atoms with Crippen LogP contribution >= 0.6 is 7.82 Å². The van der Waals surface area contributed by atoms with Gasteiger partial charge in [-0.2, -0.15) is 0 Å². The van der Waals surface area contributed by atoms with Gasteiger partial charge in [0.05, 0.1) is 6.61 Å². The van der Waals surface area contributed by atoms with Crippen LogP contribution in [0.3, 0.4) is 0 Å². The third-order valence-corrected chi connectivity index (χ3v) is 4.15. The first-order chi connectivity index (χ1) is 10.7. The van der Waals surface area contributed by atoms with Gasteiger partial charge < -0.3 is 14.5 Å². The Balaban J connectivity index is 2.04. The minimum atomic E-state index is -4.56. The molecule has 1 atom stereocenters. The Morgan fingerprint density at radius 2 is 2.04 bits per heavy atom. The van der Waals surface area contributed by atoms with Crippen molar-refractivity contribution in [1.82, 2.24) is 0 Å². The zero-order valence-electron chi connectivity index (χ0n) is 13.1. The Morgan fingerprint density at radius 3 is 2.52 bits per heavy atom. The molecule has 7 nitrogen and oxygen atoms in total. The van der Waals surface area contributed by atoms with Gasteiger partial charge in [-0.25, -0.2) is 9.56 Å². The molecule has 126 valence electrons. The molecule has 0 bridgehead atoms. The Hall–Kier alpha value is -1.53. The Labute approximate surface area is 134 Å². The van der Waals surface area contributed by atoms with E-state index in [2.05, 4.69) is 9.52 Å². The fourth-order valence-electron chi connectivity index (χ4n) is 2.40. The van der Waals surface area contributed by atoms with Gasteiger partial charge in [-0.3, -0.25) is 9.32 Å². The predicted octanol–water partition coefficient (Wildman–Crippen LogP) is 2.12. The van der Waals surface area contributed by atoms with Crippen LogP contribution in [-0.2, 0) is 20.2 Å². The van der Waals surface area contributed by atoms with Crippen LogP contribution in [0.15, 0.2) is 29.3 Å². The van der Waals surface area contributed by atoms with E-state index in [-0.39, 0.29) is 19.0 Å². The van der Waals surface area contributed by atoms with Crippen LogP contribution in [0.4, 0.5) is 0 Å². The summed E-state index contributed by atoms with van der Waals surface area (Å²) in [5.41, 5.74) is 0.849. The number of ketones is 1. The molecular weight excluding hydrogens is 321 g/mol. The smallest absolute Gasteiger partial charge is 0.469 e. The van der Waals surface area contributed by atoms with Crippen molar-refractivity contribution in [1.29, 1.82) is 0 Å². The molecule has 0 saturated heterocycles. The molecule has 1 heterocycles. The van der Waals surface area contributed by atoms with Gasteiger partial charge in [0, 0.05) is 12.5 Å². The highest BCUT2D eigenvalue weighted by Crippen LogP contribution is 2.39. The quantitative estimate of drug-likeness (QED) is 0.581. The van der Waals surface area contributed by atoms with Crippen molar-refractivity contribution in [2.24, 2.45) is 4.99 Å². The molecule has 1 aromatic carbocycles. The van der Waals surface area contributed by atoms with Crippen molar-refractivity contribution in [3.8, 4) is 0 Å². The molecule has 0 radical (unpaired) electrons. The highest BCUT2D eigenvalue weighted by Gasteiger charge is 2.37. The van der Waals surface area contributed by atoms with E-state index in [4.69, 9.17) is 14.5 Å². The number of carbonyl (C=O) groups excluding carboxylic acids is 1. The average Bonchev–Trinajstić information content (AvgIpc) is 2.85. The summed E-state index contributed by atoms with van der Waals surface area (Å²) in [6.45, 7) is 3.22. The molecular formula is C15H20NO6P. The summed E-state index contributed by atoms with van der Waals surface area (Å²) >= 11 is 0. The van der Waals surface area contributed by atoms with Gasteiger partial charge >= 0.3 is 7.82 Å². The second-order valence-electron chi connectivity index (χ2n) is 5.66. The highest BCUT2D eigenvalue weighted by atomic mass is 31.2. The lowest BCUT2D eigenvalue weighted by Crippen LogP contribution is -2.34. The molecule has 1 unspecified atom stereocenters. The summed E-state index contributed by atoms with van der Waals surface area (Å²) in [4.78, 5) is 33.4. The molecule has 0 amide bonds. The number of rotatable bonds is 7. The molecule has 0 fully saturated rings. The number of Topliss-reactive ketones (excluding diaryl/α,β-unsaturated/α-hetero) is 1. The molecule has 23 heavy (non-hydrogen) atoms. The second-order valence-corrected chi connectivity index (χ2v) is 6.90. The molecule has 8 heteroatoms. The topological polar surface area (TPSA) is 105 Å². The van der Waals surface area contributed by atoms with Gasteiger partial charge in [-0.1, -0.05) is 24.3 Å². The monoisotopic (exact) mass is 341 g/mol. The van der Waals surface area contributed by atoms with Crippen molar-refractivity contribution in [3.63, 3.8) is 0 Å². The summed E-state index contributed by atoms with van der Waals surface area (Å²) in [7, 11) is -4.56. The van der Waals surface area contributed by atoms with Crippen LogP contribution in [0.2, 0.25) is 0 Å². The number of aryl methyl sites for hydroxylation is 1. The van der Waals surface area contributed by atoms with Gasteiger partial charge in [-0.15, -0.1) is 0 Å². The van der Waals surface area contributed by atoms with E-state index in [1.807, 2.05) is 12.1 Å². The standard InChI is InChI=1S/C15H20NO6P/c1-11(17)14-5-3-13(4-6-14)7-8-15(9-21-12(2)16-15)10-22-23(18,19)20/h3-6H,7-10H2,1-2H3,(H2,18,19,20). The summed E-state index contributed by atoms with van der Waals surface area (Å²) in [6, 6.07) is 7.24. The zero-order chi connectivity index (χ0) is 17.1. The van der Waals surface area contributed by atoms with Crippen LogP contribution in [0.25, 0.3) is 0 Å². The minimum absolute atomic E-state index is 0.00693. The molecule has 1 aliphatic heterocycles. The number of phosphoric ester groups is 1. The van der Waals surface area contributed by atoms with Gasteiger partial charge in [0.2, 0.25) is 0 Å². The molecule has 0 spiro atoms. The molecule has 0 aliphatic carbocycles. The summed E-state index contributed by atoms with van der Waals surface area (Å²) in [6.07, 6.45) is 1.15. The van der Waals surface area contributed by atoms with Crippen LogP contribution in [0.1, 0.15) is 36.2 Å². The minimum Gasteiger partial charge on any atom is -0.479 e. The maximum absolute atomic E-state index is 11.3. The largest absolute Gasteiger partial charge is 0.479 e. The van der Waals surface area contributed by atoms with E-state index >= 15 is 0 Å². The summed E-state index contributed by atoms with van der Waals surface area (Å²) in [5, 5.41) is 0. The first-order valence-electron chi connectivity index (χ1n) is 7.18. The fraction of sp³-hybridized carbons (Fsp3) is 0.467. The van der Waals surface area contributed by atoms with E-state index < -0.39 is 13.4 Å². The first kappa shape index (κ1) is 17.8. The third kappa shape index (κ3) is 5.25. The number of ether oxygens (including phenoxy) is 1. The summed E-state index contributed by atoms with van der Waals surface area (Å²) in [5.74, 6) is 0.485. The summed E-state index contributed by atoms with van der Waals surface area (Å²) < 4.78 is 20.9. The lowest BCUT2D eigenvalue weighted by atomic mass is 9.93. The number of carbonyl (C=O) groups is 1. The van der Waals surface area contributed by atoms with Crippen molar-refractivity contribution < 1.29 is 28.4 Å². The van der Waals surface area contributed by atoms with Gasteiger partial charge in [0.25, 0.3) is 0 Å². The molecule has 1 aromatic rings. The predicted molar refractivity (Wildman–Crippen MR) is 84.6 cm³/mol. The van der Waals surface area contributed by atoms with Gasteiger partial charge in [0.1, 0.15) is 12.1 Å². The number of aliphatic imine (C=N–C) groups is 1. The number of nitrogens with zero attached hydrogens (tertiary/aromatic N) is 1. The van der Waals surface area contributed by atoms with Crippen LogP contribution in [0, 0.1) is 0 Å². The molecule has 2 rings (SSSR count). The van der Waals surface area contributed by atoms with E-state index in [0.717, 1.165) is 5.56 Å². The first-order valence-corrected chi connectivity index (χ1v) is 8.71. The van der Waals surface area contributed by atoms with Crippen LogP contribution in [0.5, 0.6) is 0 Å². The maximum Gasteiger partial charge on any atom is 0.469 e. The normalized spacial score (nSPS) is 21.0. The second kappa shape index (κ2) is 6.93. The lowest BCUT2D eigenvalue weighted by molar-refractivity contribution is 0.101. The van der Waals surface area contributed by atoms with E-state index in [1.54, 1.807) is 19.1 Å². The van der Waals surface area contributed by atoms with Crippen molar-refractivity contribution in [2.75, 3.05) is 13.2 Å². The number of benzene rings is 1. The SMILES string of the molecule is CC(=O)c1ccc(CCC2(COP(=O)(O)O)COC(C)=N2)cc1.